The molecular formula is C23H32O. The van der Waals surface area contributed by atoms with E-state index in [2.05, 4.69) is 57.3 Å². The van der Waals surface area contributed by atoms with Crippen LogP contribution in [0.4, 0.5) is 0 Å². The molecule has 0 saturated heterocycles. The standard InChI is InChI=1S/C19H20O.2C2H6/c1-13-7-6-8-17-11-12-18(16(4)20-5)19(15(17)3)14(2)10-9-13;2*1-2/h6-12H,2,4H2,1,3,5H3;2*1-2H3. The fourth-order valence-electron chi connectivity index (χ4n) is 2.34. The first-order valence-corrected chi connectivity index (χ1v) is 8.63. The minimum Gasteiger partial charge on any atom is -0.497 e. The van der Waals surface area contributed by atoms with Crippen LogP contribution >= 0.6 is 0 Å². The summed E-state index contributed by atoms with van der Waals surface area (Å²) in [4.78, 5) is 0. The van der Waals surface area contributed by atoms with Gasteiger partial charge in [0, 0.05) is 5.56 Å². The van der Waals surface area contributed by atoms with Crippen LogP contribution in [0.5, 0.6) is 0 Å². The molecule has 24 heavy (non-hydrogen) atoms. The highest BCUT2D eigenvalue weighted by molar-refractivity contribution is 5.86. The van der Waals surface area contributed by atoms with Gasteiger partial charge in [0.1, 0.15) is 5.76 Å². The lowest BCUT2D eigenvalue weighted by atomic mass is 9.99. The van der Waals surface area contributed by atoms with Crippen molar-refractivity contribution in [2.24, 2.45) is 0 Å². The van der Waals surface area contributed by atoms with E-state index in [0.29, 0.717) is 5.76 Å². The first-order valence-electron chi connectivity index (χ1n) is 8.63. The van der Waals surface area contributed by atoms with E-state index in [0.717, 1.165) is 16.2 Å². The van der Waals surface area contributed by atoms with Crippen molar-refractivity contribution in [1.29, 1.82) is 0 Å². The number of rotatable bonds is 2. The Labute approximate surface area is 148 Å². The Kier molecular flexibility index (Phi) is 10.2. The Balaban J connectivity index is 0.00000123. The second kappa shape index (κ2) is 11.3. The summed E-state index contributed by atoms with van der Waals surface area (Å²) in [6, 6.07) is 14.5. The van der Waals surface area contributed by atoms with Gasteiger partial charge in [0.25, 0.3) is 0 Å². The van der Waals surface area contributed by atoms with Crippen LogP contribution < -0.4 is 5.22 Å². The van der Waals surface area contributed by atoms with E-state index in [1.807, 2.05) is 39.8 Å². The first-order chi connectivity index (χ1) is 11.5. The van der Waals surface area contributed by atoms with Crippen LogP contribution in [-0.4, -0.2) is 7.11 Å². The van der Waals surface area contributed by atoms with Crippen LogP contribution in [0.15, 0.2) is 49.0 Å². The molecule has 0 unspecified atom stereocenters. The molecule has 2 bridgehead atoms. The highest BCUT2D eigenvalue weighted by atomic mass is 16.5. The summed E-state index contributed by atoms with van der Waals surface area (Å²) in [5.41, 5.74) is 3.39. The van der Waals surface area contributed by atoms with E-state index in [-0.39, 0.29) is 0 Å². The smallest absolute Gasteiger partial charge is 0.119 e. The average molecular weight is 325 g/mol. The van der Waals surface area contributed by atoms with E-state index in [1.54, 1.807) is 7.11 Å². The van der Waals surface area contributed by atoms with Crippen molar-refractivity contribution in [3.05, 3.63) is 71.0 Å². The third-order valence-electron chi connectivity index (χ3n) is 3.56. The number of benzene rings is 1. The molecule has 0 fully saturated rings. The van der Waals surface area contributed by atoms with Gasteiger partial charge in [-0.1, -0.05) is 88.9 Å². The number of fused-ring (bicyclic) bond motifs is 2. The topological polar surface area (TPSA) is 9.23 Å². The normalized spacial score (nSPS) is 8.96. The Hall–Kier alpha value is -2.28. The number of hydrogen-bond donors (Lipinski definition) is 0. The minimum absolute atomic E-state index is 0.664. The molecule has 0 aliphatic rings. The summed E-state index contributed by atoms with van der Waals surface area (Å²) < 4.78 is 5.31. The third-order valence-corrected chi connectivity index (χ3v) is 3.56. The summed E-state index contributed by atoms with van der Waals surface area (Å²) in [5.74, 6) is 0.664. The summed E-state index contributed by atoms with van der Waals surface area (Å²) in [7, 11) is 1.64. The molecule has 2 rings (SSSR count). The second-order valence-electron chi connectivity index (χ2n) is 4.96. The molecule has 0 aromatic heterocycles. The summed E-state index contributed by atoms with van der Waals surface area (Å²) in [5, 5.41) is 3.26. The van der Waals surface area contributed by atoms with Crippen molar-refractivity contribution in [1.82, 2.24) is 0 Å². The lowest BCUT2D eigenvalue weighted by molar-refractivity contribution is 0.372. The van der Waals surface area contributed by atoms with Crippen LogP contribution in [0.25, 0.3) is 23.1 Å². The average Bonchev–Trinajstić information content (AvgIpc) is 2.62. The van der Waals surface area contributed by atoms with Gasteiger partial charge in [-0.2, -0.15) is 0 Å². The van der Waals surface area contributed by atoms with Crippen molar-refractivity contribution in [3.63, 3.8) is 0 Å². The molecule has 0 atom stereocenters. The van der Waals surface area contributed by atoms with E-state index in [9.17, 15) is 0 Å². The number of hydrogen-bond acceptors (Lipinski definition) is 1. The zero-order chi connectivity index (χ0) is 18.7. The molecule has 0 N–H and O–H groups in total. The fourth-order valence-corrected chi connectivity index (χ4v) is 2.34. The molecule has 0 aliphatic carbocycles. The van der Waals surface area contributed by atoms with E-state index in [4.69, 9.17) is 4.74 Å². The van der Waals surface area contributed by atoms with Gasteiger partial charge in [0.15, 0.2) is 0 Å². The van der Waals surface area contributed by atoms with Gasteiger partial charge < -0.3 is 4.74 Å². The van der Waals surface area contributed by atoms with Gasteiger partial charge in [0.2, 0.25) is 0 Å². The molecule has 1 nitrogen and oxygen atoms in total. The summed E-state index contributed by atoms with van der Waals surface area (Å²) >= 11 is 0. The van der Waals surface area contributed by atoms with Crippen LogP contribution in [0, 0.1) is 13.8 Å². The molecule has 130 valence electrons. The largest absolute Gasteiger partial charge is 0.497 e. The molecular weight excluding hydrogens is 292 g/mol. The first kappa shape index (κ1) is 21.7. The predicted molar refractivity (Wildman–Crippen MR) is 111 cm³/mol. The maximum absolute atomic E-state index is 5.31. The molecule has 1 heteroatoms. The van der Waals surface area contributed by atoms with Gasteiger partial charge in [-0.15, -0.1) is 0 Å². The molecule has 0 radical (unpaired) electrons. The zero-order valence-electron chi connectivity index (χ0n) is 16.4. The van der Waals surface area contributed by atoms with Crippen molar-refractivity contribution in [3.8, 4) is 0 Å². The lowest BCUT2D eigenvalue weighted by Gasteiger charge is -2.10. The fraction of sp³-hybridized carbons (Fsp3) is 0.304. The van der Waals surface area contributed by atoms with E-state index < -0.39 is 0 Å². The molecule has 0 saturated carbocycles. The molecule has 0 aliphatic heterocycles. The Morgan fingerprint density at radius 2 is 1.50 bits per heavy atom. The molecule has 0 heterocycles. The number of methoxy groups -OCH3 is 1. The van der Waals surface area contributed by atoms with Gasteiger partial charge in [-0.3, -0.25) is 0 Å². The summed E-state index contributed by atoms with van der Waals surface area (Å²) in [6.45, 7) is 20.4. The van der Waals surface area contributed by atoms with Crippen LogP contribution in [0.2, 0.25) is 0 Å². The summed E-state index contributed by atoms with van der Waals surface area (Å²) in [6.07, 6.45) is 0. The van der Waals surface area contributed by atoms with Crippen molar-refractivity contribution < 1.29 is 4.74 Å². The quantitative estimate of drug-likeness (QED) is 0.582. The Morgan fingerprint density at radius 1 is 0.875 bits per heavy atom. The minimum atomic E-state index is 0.664. The van der Waals surface area contributed by atoms with Crippen molar-refractivity contribution in [2.45, 2.75) is 41.5 Å². The monoisotopic (exact) mass is 324 g/mol. The Morgan fingerprint density at radius 3 is 2.08 bits per heavy atom. The SMILES string of the molecule is C=C(OC)c1ccc2cccc(C)ccc(=C)c1c2C.CC.CC. The molecule has 0 spiro atoms. The predicted octanol–water partition coefficient (Wildman–Crippen LogP) is 6.38. The zero-order valence-corrected chi connectivity index (χ0v) is 16.4. The molecule has 0 amide bonds. The second-order valence-corrected chi connectivity index (χ2v) is 4.96. The van der Waals surface area contributed by atoms with Crippen LogP contribution in [0.3, 0.4) is 0 Å². The third kappa shape index (κ3) is 5.42. The van der Waals surface area contributed by atoms with Crippen molar-refractivity contribution in [2.75, 3.05) is 7.11 Å². The molecule has 2 aromatic carbocycles. The molecule has 2 aromatic rings. The highest BCUT2D eigenvalue weighted by Gasteiger charge is 2.06. The van der Waals surface area contributed by atoms with E-state index in [1.165, 1.54) is 16.5 Å². The van der Waals surface area contributed by atoms with Gasteiger partial charge in [0.05, 0.1) is 7.11 Å². The number of ether oxygens (including phenoxy) is 1. The van der Waals surface area contributed by atoms with Gasteiger partial charge >= 0.3 is 0 Å². The van der Waals surface area contributed by atoms with E-state index >= 15 is 0 Å². The van der Waals surface area contributed by atoms with Gasteiger partial charge in [-0.05, 0) is 35.4 Å². The maximum atomic E-state index is 5.31. The number of aryl methyl sites for hydroxylation is 2. The van der Waals surface area contributed by atoms with Gasteiger partial charge in [-0.25, -0.2) is 0 Å². The Bertz CT molecular complexity index is 755. The highest BCUT2D eigenvalue weighted by Crippen LogP contribution is 2.23. The maximum Gasteiger partial charge on any atom is 0.119 e. The van der Waals surface area contributed by atoms with Crippen LogP contribution in [0.1, 0.15) is 44.4 Å². The van der Waals surface area contributed by atoms with Crippen LogP contribution in [-0.2, 0) is 4.74 Å². The lowest BCUT2D eigenvalue weighted by Crippen LogP contribution is -2.02. The van der Waals surface area contributed by atoms with Crippen molar-refractivity contribution >= 4 is 23.1 Å².